The van der Waals surface area contributed by atoms with E-state index in [9.17, 15) is 22.4 Å². The monoisotopic (exact) mass is 561 g/mol. The Morgan fingerprint density at radius 3 is 2.14 bits per heavy atom. The molecule has 2 amide bonds. The van der Waals surface area contributed by atoms with E-state index in [0.717, 1.165) is 26.5 Å². The molecule has 10 heteroatoms. The number of nitrogens with one attached hydrogen (secondary N) is 1. The summed E-state index contributed by atoms with van der Waals surface area (Å²) < 4.78 is 42.4. The van der Waals surface area contributed by atoms with Crippen LogP contribution in [0.3, 0.4) is 0 Å². The number of sulfonamides is 1. The first-order valence-corrected chi connectivity index (χ1v) is 13.0. The Balaban J connectivity index is 2.00. The van der Waals surface area contributed by atoms with E-state index in [-0.39, 0.29) is 17.1 Å². The van der Waals surface area contributed by atoms with Gasteiger partial charge < -0.3 is 10.2 Å². The van der Waals surface area contributed by atoms with Gasteiger partial charge in [0.2, 0.25) is 11.8 Å². The van der Waals surface area contributed by atoms with Crippen LogP contribution in [0.15, 0.2) is 88.2 Å². The predicted octanol–water partition coefficient (Wildman–Crippen LogP) is 3.95. The van der Waals surface area contributed by atoms with Gasteiger partial charge in [0.1, 0.15) is 18.4 Å². The van der Waals surface area contributed by atoms with E-state index in [1.165, 1.54) is 36.2 Å². The first-order valence-electron chi connectivity index (χ1n) is 10.7. The number of carbonyl (C=O) groups excluding carboxylic acids is 2. The minimum Gasteiger partial charge on any atom is -0.357 e. The molecule has 0 fully saturated rings. The lowest BCUT2D eigenvalue weighted by Gasteiger charge is -2.31. The second-order valence-corrected chi connectivity index (χ2v) is 10.5. The van der Waals surface area contributed by atoms with E-state index in [0.29, 0.717) is 0 Å². The zero-order valence-electron chi connectivity index (χ0n) is 19.2. The van der Waals surface area contributed by atoms with Crippen LogP contribution in [0.1, 0.15) is 12.5 Å². The molecule has 0 saturated carbocycles. The molecule has 1 atom stereocenters. The summed E-state index contributed by atoms with van der Waals surface area (Å²) in [6, 6.07) is 18.9. The van der Waals surface area contributed by atoms with Crippen molar-refractivity contribution in [3.8, 4) is 0 Å². The molecule has 0 aliphatic heterocycles. The van der Waals surface area contributed by atoms with Crippen LogP contribution in [0.4, 0.5) is 10.1 Å². The smallest absolute Gasteiger partial charge is 0.264 e. The Hall–Kier alpha value is -3.24. The number of hydrogen-bond acceptors (Lipinski definition) is 4. The van der Waals surface area contributed by atoms with E-state index in [4.69, 9.17) is 0 Å². The first-order chi connectivity index (χ1) is 16.6. The number of nitrogens with zero attached hydrogens (tertiary/aromatic N) is 2. The number of halogens is 2. The van der Waals surface area contributed by atoms with Gasteiger partial charge in [0, 0.05) is 18.1 Å². The number of anilines is 1. The molecule has 1 N–H and O–H groups in total. The summed E-state index contributed by atoms with van der Waals surface area (Å²) in [5.74, 6) is -1.52. The van der Waals surface area contributed by atoms with E-state index in [2.05, 4.69) is 21.2 Å². The number of hydrogen-bond donors (Lipinski definition) is 1. The molecule has 1 unspecified atom stereocenters. The summed E-state index contributed by atoms with van der Waals surface area (Å²) >= 11 is 3.37. The van der Waals surface area contributed by atoms with Crippen molar-refractivity contribution in [3.63, 3.8) is 0 Å². The Labute approximate surface area is 212 Å². The maximum Gasteiger partial charge on any atom is 0.264 e. The first kappa shape index (κ1) is 26.4. The van der Waals surface area contributed by atoms with Gasteiger partial charge in [-0.05, 0) is 61.0 Å². The number of rotatable bonds is 9. The highest BCUT2D eigenvalue weighted by Crippen LogP contribution is 2.25. The van der Waals surface area contributed by atoms with Crippen LogP contribution >= 0.6 is 15.9 Å². The highest BCUT2D eigenvalue weighted by atomic mass is 79.9. The maximum atomic E-state index is 13.6. The highest BCUT2D eigenvalue weighted by molar-refractivity contribution is 9.10. The van der Waals surface area contributed by atoms with Gasteiger partial charge >= 0.3 is 0 Å². The summed E-state index contributed by atoms with van der Waals surface area (Å²) in [7, 11) is -2.70. The molecule has 0 aliphatic carbocycles. The molecule has 0 bridgehead atoms. The van der Waals surface area contributed by atoms with E-state index in [1.807, 2.05) is 12.1 Å². The fraction of sp³-hybridized carbons (Fsp3) is 0.200. The number of likely N-dealkylation sites (N-methyl/N-ethyl adjacent to an activating group) is 1. The summed E-state index contributed by atoms with van der Waals surface area (Å²) in [5, 5.41) is 2.53. The van der Waals surface area contributed by atoms with Gasteiger partial charge in [0.25, 0.3) is 10.0 Å². The van der Waals surface area contributed by atoms with Crippen molar-refractivity contribution in [2.45, 2.75) is 24.4 Å². The van der Waals surface area contributed by atoms with Crippen LogP contribution in [0.5, 0.6) is 0 Å². The van der Waals surface area contributed by atoms with Crippen LogP contribution in [0, 0.1) is 5.82 Å². The summed E-state index contributed by atoms with van der Waals surface area (Å²) in [6.45, 7) is 1.08. The average molecular weight is 562 g/mol. The Kier molecular flexibility index (Phi) is 8.63. The maximum absolute atomic E-state index is 13.6. The lowest BCUT2D eigenvalue weighted by Crippen LogP contribution is -2.50. The van der Waals surface area contributed by atoms with Crippen LogP contribution in [0.25, 0.3) is 0 Å². The molecule has 7 nitrogen and oxygen atoms in total. The number of benzene rings is 3. The summed E-state index contributed by atoms with van der Waals surface area (Å²) in [4.78, 5) is 27.3. The van der Waals surface area contributed by atoms with Crippen molar-refractivity contribution >= 4 is 43.5 Å². The SMILES string of the molecule is CNC(=O)C(C)N(Cc1ccc(Br)cc1)C(=O)CN(c1ccc(F)cc1)S(=O)(=O)c1ccccc1. The van der Waals surface area contributed by atoms with Crippen molar-refractivity contribution in [2.24, 2.45) is 0 Å². The van der Waals surface area contributed by atoms with Gasteiger partial charge in [-0.2, -0.15) is 0 Å². The van der Waals surface area contributed by atoms with Crippen LogP contribution in [-0.2, 0) is 26.2 Å². The van der Waals surface area contributed by atoms with E-state index >= 15 is 0 Å². The molecular weight excluding hydrogens is 537 g/mol. The molecule has 3 aromatic carbocycles. The Morgan fingerprint density at radius 1 is 0.971 bits per heavy atom. The average Bonchev–Trinajstić information content (AvgIpc) is 2.87. The number of carbonyl (C=O) groups is 2. The third-order valence-electron chi connectivity index (χ3n) is 5.40. The summed E-state index contributed by atoms with van der Waals surface area (Å²) in [6.07, 6.45) is 0. The van der Waals surface area contributed by atoms with Crippen LogP contribution in [-0.4, -0.2) is 44.8 Å². The van der Waals surface area contributed by atoms with Gasteiger partial charge in [0.15, 0.2) is 0 Å². The van der Waals surface area contributed by atoms with Gasteiger partial charge in [-0.1, -0.05) is 46.3 Å². The van der Waals surface area contributed by atoms with Crippen LogP contribution in [0.2, 0.25) is 0 Å². The fourth-order valence-electron chi connectivity index (χ4n) is 3.43. The van der Waals surface area contributed by atoms with Gasteiger partial charge in [-0.15, -0.1) is 0 Å². The normalized spacial score (nSPS) is 12.0. The molecular formula is C25H25BrFN3O4S. The number of amides is 2. The Morgan fingerprint density at radius 2 is 1.57 bits per heavy atom. The van der Waals surface area contributed by atoms with Crippen molar-refractivity contribution in [1.82, 2.24) is 10.2 Å². The second kappa shape index (κ2) is 11.5. The summed E-state index contributed by atoms with van der Waals surface area (Å²) in [5.41, 5.74) is 0.886. The van der Waals surface area contributed by atoms with Gasteiger partial charge in [-0.3, -0.25) is 13.9 Å². The van der Waals surface area contributed by atoms with Crippen LogP contribution < -0.4 is 9.62 Å². The van der Waals surface area contributed by atoms with Crippen molar-refractivity contribution in [2.75, 3.05) is 17.9 Å². The molecule has 0 heterocycles. The fourth-order valence-corrected chi connectivity index (χ4v) is 5.13. The molecule has 0 saturated heterocycles. The molecule has 184 valence electrons. The lowest BCUT2D eigenvalue weighted by molar-refractivity contribution is -0.139. The minimum absolute atomic E-state index is 0.0177. The lowest BCUT2D eigenvalue weighted by atomic mass is 10.1. The van der Waals surface area contributed by atoms with Gasteiger partial charge in [0.05, 0.1) is 10.6 Å². The topological polar surface area (TPSA) is 86.8 Å². The molecule has 3 aromatic rings. The molecule has 0 aromatic heterocycles. The van der Waals surface area contributed by atoms with Crippen molar-refractivity contribution in [1.29, 1.82) is 0 Å². The third kappa shape index (κ3) is 6.46. The van der Waals surface area contributed by atoms with Gasteiger partial charge in [-0.25, -0.2) is 12.8 Å². The van der Waals surface area contributed by atoms with E-state index < -0.39 is 40.2 Å². The molecule has 3 rings (SSSR count). The molecule has 35 heavy (non-hydrogen) atoms. The predicted molar refractivity (Wildman–Crippen MR) is 136 cm³/mol. The molecule has 0 aliphatic rings. The second-order valence-electron chi connectivity index (χ2n) is 7.74. The van der Waals surface area contributed by atoms with Crippen molar-refractivity contribution in [3.05, 3.63) is 94.7 Å². The van der Waals surface area contributed by atoms with E-state index in [1.54, 1.807) is 37.3 Å². The van der Waals surface area contributed by atoms with Crippen molar-refractivity contribution < 1.29 is 22.4 Å². The third-order valence-corrected chi connectivity index (χ3v) is 7.72. The molecule has 0 radical (unpaired) electrons. The standard InChI is InChI=1S/C25H25BrFN3O4S/c1-18(25(32)28-2)29(16-19-8-10-20(26)11-9-19)24(31)17-30(22-14-12-21(27)13-15-22)35(33,34)23-6-4-3-5-7-23/h3-15,18H,16-17H2,1-2H3,(H,28,32). The quantitative estimate of drug-likeness (QED) is 0.428. The molecule has 0 spiro atoms. The zero-order chi connectivity index (χ0) is 25.6. The largest absolute Gasteiger partial charge is 0.357 e. The zero-order valence-corrected chi connectivity index (χ0v) is 21.6. The highest BCUT2D eigenvalue weighted by Gasteiger charge is 2.32. The Bertz CT molecular complexity index is 1270. The minimum atomic E-state index is -4.17.